The van der Waals surface area contributed by atoms with Crippen molar-refractivity contribution >= 4 is 5.91 Å². The molecule has 0 aromatic carbocycles. The quantitative estimate of drug-likeness (QED) is 0.777. The van der Waals surface area contributed by atoms with Gasteiger partial charge in [0.1, 0.15) is 0 Å². The Labute approximate surface area is 98.4 Å². The summed E-state index contributed by atoms with van der Waals surface area (Å²) in [4.78, 5) is 14.4. The van der Waals surface area contributed by atoms with Crippen LogP contribution in [0.1, 0.15) is 46.0 Å². The summed E-state index contributed by atoms with van der Waals surface area (Å²) in [6, 6.07) is 0.199. The van der Waals surface area contributed by atoms with Gasteiger partial charge < -0.3 is 10.6 Å². The Hall–Kier alpha value is -0.570. The predicted octanol–water partition coefficient (Wildman–Crippen LogP) is 1.76. The second-order valence-electron chi connectivity index (χ2n) is 5.70. The molecule has 92 valence electrons. The zero-order valence-electron chi connectivity index (χ0n) is 10.5. The maximum absolute atomic E-state index is 12.3. The molecule has 0 aromatic heterocycles. The van der Waals surface area contributed by atoms with Crippen LogP contribution in [0.3, 0.4) is 0 Å². The average molecular weight is 224 g/mol. The van der Waals surface area contributed by atoms with E-state index in [4.69, 9.17) is 5.73 Å². The van der Waals surface area contributed by atoms with E-state index in [-0.39, 0.29) is 17.9 Å². The van der Waals surface area contributed by atoms with Crippen molar-refractivity contribution in [2.75, 3.05) is 6.54 Å². The van der Waals surface area contributed by atoms with Crippen molar-refractivity contribution < 1.29 is 4.79 Å². The van der Waals surface area contributed by atoms with Crippen LogP contribution in [0.25, 0.3) is 0 Å². The van der Waals surface area contributed by atoms with Crippen LogP contribution in [-0.2, 0) is 4.79 Å². The van der Waals surface area contributed by atoms with E-state index in [1.54, 1.807) is 0 Å². The summed E-state index contributed by atoms with van der Waals surface area (Å²) in [7, 11) is 0. The largest absolute Gasteiger partial charge is 0.338 e. The first-order chi connectivity index (χ1) is 7.61. The molecule has 0 spiro atoms. The van der Waals surface area contributed by atoms with Gasteiger partial charge in [0.15, 0.2) is 0 Å². The van der Waals surface area contributed by atoms with E-state index in [0.717, 1.165) is 18.9 Å². The highest BCUT2D eigenvalue weighted by Crippen LogP contribution is 2.37. The number of nitrogens with zero attached hydrogens (tertiary/aromatic N) is 1. The van der Waals surface area contributed by atoms with Crippen molar-refractivity contribution in [1.29, 1.82) is 0 Å². The third kappa shape index (κ3) is 2.10. The number of carbonyl (C=O) groups is 1. The Morgan fingerprint density at radius 1 is 1.25 bits per heavy atom. The Bertz CT molecular complexity index is 265. The molecule has 2 fully saturated rings. The molecule has 2 unspecified atom stereocenters. The number of nitrogens with two attached hydrogens (primary N) is 1. The van der Waals surface area contributed by atoms with E-state index >= 15 is 0 Å². The van der Waals surface area contributed by atoms with Crippen LogP contribution in [0, 0.1) is 11.8 Å². The molecule has 0 aromatic rings. The molecule has 3 nitrogen and oxygen atoms in total. The van der Waals surface area contributed by atoms with E-state index in [1.165, 1.54) is 25.7 Å². The van der Waals surface area contributed by atoms with E-state index in [1.807, 2.05) is 13.8 Å². The van der Waals surface area contributed by atoms with Gasteiger partial charge in [0.05, 0.1) is 6.04 Å². The third-order valence-corrected chi connectivity index (χ3v) is 4.28. The highest BCUT2D eigenvalue weighted by atomic mass is 16.2. The van der Waals surface area contributed by atoms with E-state index in [2.05, 4.69) is 4.90 Å². The smallest absolute Gasteiger partial charge is 0.240 e. The second kappa shape index (κ2) is 4.74. The van der Waals surface area contributed by atoms with Crippen molar-refractivity contribution in [1.82, 2.24) is 4.90 Å². The molecule has 1 saturated heterocycles. The topological polar surface area (TPSA) is 46.3 Å². The number of hydrogen-bond donors (Lipinski definition) is 1. The molecule has 1 aliphatic carbocycles. The summed E-state index contributed by atoms with van der Waals surface area (Å²) in [6.45, 7) is 4.98. The second-order valence-corrected chi connectivity index (χ2v) is 5.70. The fraction of sp³-hybridized carbons (Fsp3) is 0.923. The molecule has 3 heteroatoms. The molecule has 1 amide bonds. The lowest BCUT2D eigenvalue weighted by Gasteiger charge is -2.39. The maximum Gasteiger partial charge on any atom is 0.240 e. The number of fused-ring (bicyclic) bond motifs is 1. The van der Waals surface area contributed by atoms with Gasteiger partial charge in [-0.2, -0.15) is 0 Å². The normalized spacial score (nSPS) is 31.6. The number of rotatable bonds is 2. The monoisotopic (exact) mass is 224 g/mol. The molecule has 1 heterocycles. The number of likely N-dealkylation sites (tertiary alicyclic amines) is 1. The molecule has 3 atom stereocenters. The number of carbonyl (C=O) groups excluding carboxylic acids is 1. The van der Waals surface area contributed by atoms with Crippen molar-refractivity contribution in [3.63, 3.8) is 0 Å². The fourth-order valence-electron chi connectivity index (χ4n) is 3.20. The zero-order valence-corrected chi connectivity index (χ0v) is 10.5. The average Bonchev–Trinajstić information content (AvgIpc) is 2.74. The molecule has 0 bridgehead atoms. The Kier molecular flexibility index (Phi) is 3.53. The SMILES string of the molecule is CC(C)[C@@H](N)C(=O)N1CCCC2CCCC21. The van der Waals surface area contributed by atoms with E-state index in [0.29, 0.717) is 6.04 Å². The van der Waals surface area contributed by atoms with Gasteiger partial charge in [-0.15, -0.1) is 0 Å². The number of hydrogen-bond acceptors (Lipinski definition) is 2. The Morgan fingerprint density at radius 2 is 1.94 bits per heavy atom. The van der Waals surface area contributed by atoms with Gasteiger partial charge in [0, 0.05) is 12.6 Å². The first-order valence-corrected chi connectivity index (χ1v) is 6.67. The highest BCUT2D eigenvalue weighted by molar-refractivity contribution is 5.82. The molecule has 0 radical (unpaired) electrons. The summed E-state index contributed by atoms with van der Waals surface area (Å²) < 4.78 is 0. The van der Waals surface area contributed by atoms with Gasteiger partial charge >= 0.3 is 0 Å². The molecule has 2 aliphatic rings. The maximum atomic E-state index is 12.3. The van der Waals surface area contributed by atoms with Crippen LogP contribution in [0.4, 0.5) is 0 Å². The van der Waals surface area contributed by atoms with Crippen LogP contribution in [-0.4, -0.2) is 29.4 Å². The van der Waals surface area contributed by atoms with Crippen LogP contribution < -0.4 is 5.73 Å². The molecule has 16 heavy (non-hydrogen) atoms. The van der Waals surface area contributed by atoms with Crippen LogP contribution in [0.5, 0.6) is 0 Å². The third-order valence-electron chi connectivity index (χ3n) is 4.28. The van der Waals surface area contributed by atoms with Crippen LogP contribution in [0.2, 0.25) is 0 Å². The van der Waals surface area contributed by atoms with Gasteiger partial charge in [-0.05, 0) is 37.5 Å². The molecule has 2 rings (SSSR count). The van der Waals surface area contributed by atoms with Gasteiger partial charge in [0.25, 0.3) is 0 Å². The number of piperidine rings is 1. The highest BCUT2D eigenvalue weighted by Gasteiger charge is 2.38. The predicted molar refractivity (Wildman–Crippen MR) is 64.9 cm³/mol. The Balaban J connectivity index is 2.05. The first kappa shape index (κ1) is 11.9. The van der Waals surface area contributed by atoms with E-state index in [9.17, 15) is 4.79 Å². The molecule has 1 aliphatic heterocycles. The summed E-state index contributed by atoms with van der Waals surface area (Å²) in [5, 5.41) is 0. The van der Waals surface area contributed by atoms with Crippen molar-refractivity contribution in [3.05, 3.63) is 0 Å². The zero-order chi connectivity index (χ0) is 11.7. The van der Waals surface area contributed by atoms with Gasteiger partial charge in [-0.25, -0.2) is 0 Å². The molecular formula is C13H24N2O. The minimum Gasteiger partial charge on any atom is -0.338 e. The van der Waals surface area contributed by atoms with Crippen LogP contribution in [0.15, 0.2) is 0 Å². The van der Waals surface area contributed by atoms with Gasteiger partial charge in [-0.1, -0.05) is 20.3 Å². The molecule has 2 N–H and O–H groups in total. The lowest BCUT2D eigenvalue weighted by atomic mass is 9.90. The minimum absolute atomic E-state index is 0.187. The van der Waals surface area contributed by atoms with Crippen molar-refractivity contribution in [2.24, 2.45) is 17.6 Å². The van der Waals surface area contributed by atoms with E-state index < -0.39 is 0 Å². The number of amides is 1. The summed E-state index contributed by atoms with van der Waals surface area (Å²) in [5.74, 6) is 1.19. The summed E-state index contributed by atoms with van der Waals surface area (Å²) in [6.07, 6.45) is 6.27. The fourth-order valence-corrected chi connectivity index (χ4v) is 3.20. The lowest BCUT2D eigenvalue weighted by Crippen LogP contribution is -2.53. The van der Waals surface area contributed by atoms with Crippen LogP contribution >= 0.6 is 0 Å². The van der Waals surface area contributed by atoms with Crippen molar-refractivity contribution in [3.8, 4) is 0 Å². The lowest BCUT2D eigenvalue weighted by molar-refractivity contribution is -0.138. The summed E-state index contributed by atoms with van der Waals surface area (Å²) in [5.41, 5.74) is 5.98. The summed E-state index contributed by atoms with van der Waals surface area (Å²) >= 11 is 0. The van der Waals surface area contributed by atoms with Gasteiger partial charge in [-0.3, -0.25) is 4.79 Å². The minimum atomic E-state index is -0.306. The first-order valence-electron chi connectivity index (χ1n) is 6.67. The molecular weight excluding hydrogens is 200 g/mol. The Morgan fingerprint density at radius 3 is 2.62 bits per heavy atom. The van der Waals surface area contributed by atoms with Gasteiger partial charge in [0.2, 0.25) is 5.91 Å². The standard InChI is InChI=1S/C13H24N2O/c1-9(2)12(14)13(16)15-8-4-6-10-5-3-7-11(10)15/h9-12H,3-8,14H2,1-2H3/t10?,11?,12-/m1/s1. The molecule has 1 saturated carbocycles. The van der Waals surface area contributed by atoms with Crippen molar-refractivity contribution in [2.45, 2.75) is 58.0 Å².